The average molecular weight is 219 g/mol. The molecule has 0 unspecified atom stereocenters. The molecule has 86 valence electrons. The number of carbonyl (C=O) groups is 1. The van der Waals surface area contributed by atoms with Gasteiger partial charge in [-0.25, -0.2) is 0 Å². The van der Waals surface area contributed by atoms with E-state index in [1.807, 2.05) is 6.07 Å². The maximum Gasteiger partial charge on any atom is 0.221 e. The van der Waals surface area contributed by atoms with E-state index in [4.69, 9.17) is 5.73 Å². The van der Waals surface area contributed by atoms with Gasteiger partial charge in [-0.05, 0) is 30.4 Å². The monoisotopic (exact) mass is 219 g/mol. The lowest BCUT2D eigenvalue weighted by Gasteiger charge is -2.16. The maximum absolute atomic E-state index is 11.0. The molecule has 1 aromatic carbocycles. The van der Waals surface area contributed by atoms with Crippen LogP contribution in [0.15, 0.2) is 18.2 Å². The van der Waals surface area contributed by atoms with Crippen molar-refractivity contribution < 1.29 is 9.90 Å². The predicted molar refractivity (Wildman–Crippen MR) is 62.2 cm³/mol. The van der Waals surface area contributed by atoms with Crippen molar-refractivity contribution in [2.75, 3.05) is 0 Å². The molecule has 0 heterocycles. The summed E-state index contributed by atoms with van der Waals surface area (Å²) in [5, 5.41) is 9.91. The van der Waals surface area contributed by atoms with Crippen LogP contribution in [0.25, 0.3) is 0 Å². The van der Waals surface area contributed by atoms with Gasteiger partial charge in [-0.15, -0.1) is 0 Å². The Balaban J connectivity index is 2.35. The lowest BCUT2D eigenvalue weighted by Crippen LogP contribution is -2.15. The van der Waals surface area contributed by atoms with Crippen molar-refractivity contribution in [3.05, 3.63) is 29.3 Å². The third kappa shape index (κ3) is 2.18. The molecule has 0 bridgehead atoms. The molecular weight excluding hydrogens is 202 g/mol. The number of phenolic OH excluding ortho intramolecular Hbond substituents is 1. The number of amides is 1. The number of aromatic hydroxyl groups is 1. The highest BCUT2D eigenvalue weighted by Crippen LogP contribution is 2.40. The molecule has 1 amide bonds. The van der Waals surface area contributed by atoms with Crippen LogP contribution in [0, 0.1) is 0 Å². The van der Waals surface area contributed by atoms with Gasteiger partial charge in [0.15, 0.2) is 0 Å². The molecule has 0 radical (unpaired) electrons. The number of nitrogens with two attached hydrogens (primary N) is 1. The van der Waals surface area contributed by atoms with Gasteiger partial charge in [-0.2, -0.15) is 0 Å². The second-order valence-electron chi connectivity index (χ2n) is 4.47. The fourth-order valence-electron chi connectivity index (χ4n) is 2.63. The second kappa shape index (κ2) is 4.56. The summed E-state index contributed by atoms with van der Waals surface area (Å²) >= 11 is 0. The van der Waals surface area contributed by atoms with E-state index in [1.54, 1.807) is 12.1 Å². The highest BCUT2D eigenvalue weighted by molar-refractivity contribution is 5.77. The molecule has 3 nitrogen and oxygen atoms in total. The van der Waals surface area contributed by atoms with Gasteiger partial charge < -0.3 is 10.8 Å². The van der Waals surface area contributed by atoms with E-state index in [9.17, 15) is 9.90 Å². The van der Waals surface area contributed by atoms with Crippen molar-refractivity contribution >= 4 is 5.91 Å². The SMILES string of the molecule is NC(=O)Cc1cccc(O)c1C1CCCC1. The minimum Gasteiger partial charge on any atom is -0.508 e. The zero-order valence-corrected chi connectivity index (χ0v) is 9.28. The normalized spacial score (nSPS) is 16.5. The first-order chi connectivity index (χ1) is 7.68. The smallest absolute Gasteiger partial charge is 0.221 e. The number of rotatable bonds is 3. The Hall–Kier alpha value is -1.51. The van der Waals surface area contributed by atoms with Crippen LogP contribution in [0.3, 0.4) is 0 Å². The Morgan fingerprint density at radius 3 is 2.69 bits per heavy atom. The summed E-state index contributed by atoms with van der Waals surface area (Å²) in [6.07, 6.45) is 4.83. The molecule has 0 saturated heterocycles. The minimum atomic E-state index is -0.343. The lowest BCUT2D eigenvalue weighted by molar-refractivity contribution is -0.117. The van der Waals surface area contributed by atoms with Gasteiger partial charge in [0.1, 0.15) is 5.75 Å². The first-order valence-electron chi connectivity index (χ1n) is 5.77. The van der Waals surface area contributed by atoms with Gasteiger partial charge >= 0.3 is 0 Å². The second-order valence-corrected chi connectivity index (χ2v) is 4.47. The number of benzene rings is 1. The van der Waals surface area contributed by atoms with Crippen molar-refractivity contribution in [3.8, 4) is 5.75 Å². The van der Waals surface area contributed by atoms with Crippen molar-refractivity contribution in [2.24, 2.45) is 5.73 Å². The summed E-state index contributed by atoms with van der Waals surface area (Å²) < 4.78 is 0. The number of hydrogen-bond acceptors (Lipinski definition) is 2. The summed E-state index contributed by atoms with van der Waals surface area (Å²) in [6, 6.07) is 5.35. The van der Waals surface area contributed by atoms with E-state index in [0.29, 0.717) is 11.7 Å². The zero-order valence-electron chi connectivity index (χ0n) is 9.28. The molecule has 3 heteroatoms. The molecule has 1 aliphatic carbocycles. The van der Waals surface area contributed by atoms with Gasteiger partial charge in [0, 0.05) is 5.56 Å². The third-order valence-corrected chi connectivity index (χ3v) is 3.30. The highest BCUT2D eigenvalue weighted by atomic mass is 16.3. The molecule has 2 rings (SSSR count). The molecular formula is C13H17NO2. The fourth-order valence-corrected chi connectivity index (χ4v) is 2.63. The van der Waals surface area contributed by atoms with E-state index in [-0.39, 0.29) is 12.3 Å². The van der Waals surface area contributed by atoms with Crippen LogP contribution in [0.5, 0.6) is 5.75 Å². The van der Waals surface area contributed by atoms with E-state index in [0.717, 1.165) is 24.0 Å². The molecule has 3 N–H and O–H groups in total. The standard InChI is InChI=1S/C13H17NO2/c14-12(16)8-10-6-3-7-11(15)13(10)9-4-1-2-5-9/h3,6-7,9,15H,1-2,4-5,8H2,(H2,14,16). The van der Waals surface area contributed by atoms with Crippen molar-refractivity contribution in [3.63, 3.8) is 0 Å². The van der Waals surface area contributed by atoms with E-state index >= 15 is 0 Å². The molecule has 0 aromatic heterocycles. The van der Waals surface area contributed by atoms with Crippen LogP contribution in [-0.2, 0) is 11.2 Å². The molecule has 0 spiro atoms. The molecule has 1 saturated carbocycles. The van der Waals surface area contributed by atoms with Crippen LogP contribution in [0.4, 0.5) is 0 Å². The van der Waals surface area contributed by atoms with Crippen molar-refractivity contribution in [2.45, 2.75) is 38.0 Å². The van der Waals surface area contributed by atoms with E-state index in [1.165, 1.54) is 12.8 Å². The summed E-state index contributed by atoms with van der Waals surface area (Å²) in [6.45, 7) is 0. The largest absolute Gasteiger partial charge is 0.508 e. The molecule has 1 aliphatic rings. The molecule has 0 aliphatic heterocycles. The van der Waals surface area contributed by atoms with Gasteiger partial charge in [0.25, 0.3) is 0 Å². The van der Waals surface area contributed by atoms with Crippen LogP contribution >= 0.6 is 0 Å². The number of primary amides is 1. The van der Waals surface area contributed by atoms with Crippen LogP contribution in [-0.4, -0.2) is 11.0 Å². The lowest BCUT2D eigenvalue weighted by atomic mass is 9.90. The highest BCUT2D eigenvalue weighted by Gasteiger charge is 2.23. The molecule has 16 heavy (non-hydrogen) atoms. The molecule has 1 aromatic rings. The summed E-state index contributed by atoms with van der Waals surface area (Å²) in [7, 11) is 0. The minimum absolute atomic E-state index is 0.222. The summed E-state index contributed by atoms with van der Waals surface area (Å²) in [4.78, 5) is 11.0. The Morgan fingerprint density at radius 1 is 1.38 bits per heavy atom. The third-order valence-electron chi connectivity index (χ3n) is 3.30. The summed E-state index contributed by atoms with van der Waals surface area (Å²) in [5.74, 6) is 0.367. The van der Waals surface area contributed by atoms with Crippen molar-refractivity contribution in [1.82, 2.24) is 0 Å². The van der Waals surface area contributed by atoms with E-state index in [2.05, 4.69) is 0 Å². The number of phenols is 1. The first-order valence-corrected chi connectivity index (χ1v) is 5.77. The predicted octanol–water partition coefficient (Wildman–Crippen LogP) is 2.08. The van der Waals surface area contributed by atoms with E-state index < -0.39 is 0 Å². The Labute approximate surface area is 95.3 Å². The maximum atomic E-state index is 11.0. The van der Waals surface area contributed by atoms with Crippen LogP contribution < -0.4 is 5.73 Å². The average Bonchev–Trinajstić information content (AvgIpc) is 2.69. The quantitative estimate of drug-likeness (QED) is 0.817. The topological polar surface area (TPSA) is 63.3 Å². The van der Waals surface area contributed by atoms with Crippen LogP contribution in [0.2, 0.25) is 0 Å². The Morgan fingerprint density at radius 2 is 2.06 bits per heavy atom. The first kappa shape index (κ1) is 11.0. The van der Waals surface area contributed by atoms with Gasteiger partial charge in [0.05, 0.1) is 6.42 Å². The molecule has 0 atom stereocenters. The Kier molecular flexibility index (Phi) is 3.13. The molecule has 1 fully saturated rings. The van der Waals surface area contributed by atoms with Crippen molar-refractivity contribution in [1.29, 1.82) is 0 Å². The van der Waals surface area contributed by atoms with Gasteiger partial charge in [-0.1, -0.05) is 25.0 Å². The fraction of sp³-hybridized carbons (Fsp3) is 0.462. The number of hydrogen-bond donors (Lipinski definition) is 2. The van der Waals surface area contributed by atoms with Gasteiger partial charge in [-0.3, -0.25) is 4.79 Å². The number of carbonyl (C=O) groups excluding carboxylic acids is 1. The van der Waals surface area contributed by atoms with Gasteiger partial charge in [0.2, 0.25) is 5.91 Å². The zero-order chi connectivity index (χ0) is 11.5. The van der Waals surface area contributed by atoms with Crippen LogP contribution in [0.1, 0.15) is 42.7 Å². The Bertz CT molecular complexity index is 395. The summed E-state index contributed by atoms with van der Waals surface area (Å²) in [5.41, 5.74) is 7.05.